The molecule has 0 N–H and O–H groups in total. The highest BCUT2D eigenvalue weighted by Crippen LogP contribution is 2.52. The monoisotopic (exact) mass is 457 g/mol. The average Bonchev–Trinajstić information content (AvgIpc) is 3.48. The number of nitrogens with zero attached hydrogens (tertiary/aromatic N) is 1. The van der Waals surface area contributed by atoms with E-state index in [1.165, 1.54) is 12.1 Å². The molecule has 1 aromatic carbocycles. The van der Waals surface area contributed by atoms with Crippen LogP contribution in [0.1, 0.15) is 41.8 Å². The summed E-state index contributed by atoms with van der Waals surface area (Å²) in [5, 5.41) is 0.479. The molecular weight excluding hydrogens is 440 g/mol. The Morgan fingerprint density at radius 3 is 2.66 bits per heavy atom. The lowest BCUT2D eigenvalue weighted by molar-refractivity contribution is -0.286. The number of hydrogen-bond acceptors (Lipinski definition) is 5. The Kier molecular flexibility index (Phi) is 4.71. The number of alkyl halides is 2. The second-order valence-corrected chi connectivity index (χ2v) is 8.69. The van der Waals surface area contributed by atoms with Crippen LogP contribution in [0, 0.1) is 6.92 Å². The first-order valence-corrected chi connectivity index (χ1v) is 10.6. The van der Waals surface area contributed by atoms with Crippen LogP contribution < -0.4 is 9.47 Å². The molecule has 0 radical (unpaired) electrons. The van der Waals surface area contributed by atoms with Crippen LogP contribution in [-0.4, -0.2) is 22.8 Å². The van der Waals surface area contributed by atoms with E-state index in [-0.39, 0.29) is 35.9 Å². The van der Waals surface area contributed by atoms with Gasteiger partial charge in [0, 0.05) is 29.1 Å². The lowest BCUT2D eigenvalue weighted by Crippen LogP contribution is -2.26. The second-order valence-electron chi connectivity index (χ2n) is 8.25. The predicted molar refractivity (Wildman–Crippen MR) is 113 cm³/mol. The molecule has 1 fully saturated rings. The Labute approximate surface area is 187 Å². The number of hydrogen-bond donors (Lipinski definition) is 0. The third-order valence-corrected chi connectivity index (χ3v) is 6.32. The summed E-state index contributed by atoms with van der Waals surface area (Å²) in [6.45, 7) is 1.85. The van der Waals surface area contributed by atoms with Crippen molar-refractivity contribution in [2.45, 2.75) is 44.3 Å². The highest BCUT2D eigenvalue weighted by molar-refractivity contribution is 6.35. The van der Waals surface area contributed by atoms with Gasteiger partial charge in [0.2, 0.25) is 0 Å². The molecule has 0 saturated heterocycles. The number of carbonyl (C=O) groups excluding carboxylic acids is 2. The van der Waals surface area contributed by atoms with Crippen LogP contribution in [0.3, 0.4) is 0 Å². The van der Waals surface area contributed by atoms with Gasteiger partial charge >= 0.3 is 6.29 Å². The number of aromatic nitrogens is 1. The predicted octanol–water partition coefficient (Wildman–Crippen LogP) is 5.03. The molecule has 5 rings (SSSR count). The van der Waals surface area contributed by atoms with E-state index in [0.717, 1.165) is 5.56 Å². The van der Waals surface area contributed by atoms with Crippen molar-refractivity contribution >= 4 is 28.7 Å². The highest BCUT2D eigenvalue weighted by Gasteiger charge is 2.52. The van der Waals surface area contributed by atoms with E-state index >= 15 is 0 Å². The molecule has 164 valence electrons. The summed E-state index contributed by atoms with van der Waals surface area (Å²) in [7, 11) is 0. The van der Waals surface area contributed by atoms with Crippen molar-refractivity contribution in [3.63, 3.8) is 0 Å². The Hall–Kier alpha value is -3.06. The molecule has 3 aliphatic rings. The van der Waals surface area contributed by atoms with Crippen LogP contribution in [0.5, 0.6) is 11.5 Å². The summed E-state index contributed by atoms with van der Waals surface area (Å²) >= 11 is 6.08. The van der Waals surface area contributed by atoms with Gasteiger partial charge in [-0.3, -0.25) is 14.6 Å². The molecule has 2 heterocycles. The number of aryl methyl sites for hydroxylation is 1. The van der Waals surface area contributed by atoms with Crippen LogP contribution in [0.4, 0.5) is 8.78 Å². The van der Waals surface area contributed by atoms with Crippen molar-refractivity contribution in [3.8, 4) is 11.5 Å². The van der Waals surface area contributed by atoms with Crippen LogP contribution in [-0.2, 0) is 21.4 Å². The number of benzene rings is 1. The van der Waals surface area contributed by atoms with Crippen molar-refractivity contribution in [1.29, 1.82) is 0 Å². The van der Waals surface area contributed by atoms with Gasteiger partial charge in [0.05, 0.1) is 11.1 Å². The lowest BCUT2D eigenvalue weighted by atomic mass is 9.88. The van der Waals surface area contributed by atoms with Gasteiger partial charge in [0.25, 0.3) is 0 Å². The highest BCUT2D eigenvalue weighted by atomic mass is 35.5. The second kappa shape index (κ2) is 7.24. The lowest BCUT2D eigenvalue weighted by Gasteiger charge is -2.16. The zero-order chi connectivity index (χ0) is 22.7. The van der Waals surface area contributed by atoms with Crippen molar-refractivity contribution in [2.75, 3.05) is 0 Å². The average molecular weight is 458 g/mol. The maximum atomic E-state index is 13.3. The fourth-order valence-electron chi connectivity index (χ4n) is 4.15. The smallest absolute Gasteiger partial charge is 0.395 e. The van der Waals surface area contributed by atoms with Crippen LogP contribution >= 0.6 is 11.6 Å². The van der Waals surface area contributed by atoms with E-state index in [1.807, 2.05) is 13.0 Å². The molecule has 0 bridgehead atoms. The van der Waals surface area contributed by atoms with Gasteiger partial charge in [-0.2, -0.15) is 0 Å². The Balaban J connectivity index is 1.40. The summed E-state index contributed by atoms with van der Waals surface area (Å²) in [6, 6.07) is 8.07. The van der Waals surface area contributed by atoms with Crippen LogP contribution in [0.2, 0.25) is 0 Å². The Morgan fingerprint density at radius 2 is 1.91 bits per heavy atom. The minimum absolute atomic E-state index is 0.0509. The summed E-state index contributed by atoms with van der Waals surface area (Å²) in [6.07, 6.45) is 1.04. The quantitative estimate of drug-likeness (QED) is 0.629. The molecule has 2 aliphatic carbocycles. The van der Waals surface area contributed by atoms with Gasteiger partial charge in [-0.05, 0) is 55.2 Å². The van der Waals surface area contributed by atoms with E-state index < -0.39 is 11.7 Å². The van der Waals surface area contributed by atoms with E-state index in [0.29, 0.717) is 40.4 Å². The van der Waals surface area contributed by atoms with Crippen molar-refractivity contribution in [3.05, 3.63) is 70.0 Å². The number of fused-ring (bicyclic) bond motifs is 1. The minimum Gasteiger partial charge on any atom is -0.395 e. The van der Waals surface area contributed by atoms with E-state index in [2.05, 4.69) is 14.5 Å². The number of ether oxygens (including phenoxy) is 2. The largest absolute Gasteiger partial charge is 0.586 e. The van der Waals surface area contributed by atoms with Gasteiger partial charge in [-0.1, -0.05) is 29.8 Å². The molecule has 5 nitrogen and oxygen atoms in total. The summed E-state index contributed by atoms with van der Waals surface area (Å²) < 4.78 is 35.7. The number of halogens is 3. The maximum absolute atomic E-state index is 13.3. The Morgan fingerprint density at radius 1 is 1.16 bits per heavy atom. The third kappa shape index (κ3) is 3.60. The molecule has 2 aromatic rings. The third-order valence-electron chi connectivity index (χ3n) is 6.05. The van der Waals surface area contributed by atoms with Gasteiger partial charge in [0.15, 0.2) is 17.3 Å². The normalized spacial score (nSPS) is 19.9. The van der Waals surface area contributed by atoms with Crippen LogP contribution in [0.15, 0.2) is 47.5 Å². The number of pyridine rings is 1. The molecular formula is C24H18ClF2NO4. The van der Waals surface area contributed by atoms with Gasteiger partial charge in [0.1, 0.15) is 5.78 Å². The molecule has 1 aliphatic heterocycles. The summed E-state index contributed by atoms with van der Waals surface area (Å²) in [5.74, 6) is -0.267. The van der Waals surface area contributed by atoms with Gasteiger partial charge in [-0.25, -0.2) is 0 Å². The molecule has 0 spiro atoms. The van der Waals surface area contributed by atoms with E-state index in [9.17, 15) is 18.4 Å². The zero-order valence-corrected chi connectivity index (χ0v) is 17.8. The van der Waals surface area contributed by atoms with Gasteiger partial charge < -0.3 is 9.47 Å². The first-order chi connectivity index (χ1) is 15.2. The number of rotatable bonds is 5. The molecule has 1 aromatic heterocycles. The summed E-state index contributed by atoms with van der Waals surface area (Å²) in [4.78, 5) is 30.2. The first-order valence-electron chi connectivity index (χ1n) is 10.2. The maximum Gasteiger partial charge on any atom is 0.586 e. The SMILES string of the molecule is Cc1ccc(CC(=O)C2(c3ccc4c(c3)OC(F)(F)O4)CC2)nc1C1=CC(Cl)=CCC1=O. The number of Topliss-reactive ketones (excluding diaryl/α,β-unsaturated/α-hetero) is 2. The van der Waals surface area contributed by atoms with E-state index in [4.69, 9.17) is 11.6 Å². The van der Waals surface area contributed by atoms with Crippen molar-refractivity contribution < 1.29 is 27.8 Å². The van der Waals surface area contributed by atoms with Crippen molar-refractivity contribution in [2.24, 2.45) is 0 Å². The molecule has 1 saturated carbocycles. The van der Waals surface area contributed by atoms with Crippen LogP contribution in [0.25, 0.3) is 5.57 Å². The molecule has 8 heteroatoms. The van der Waals surface area contributed by atoms with Crippen molar-refractivity contribution in [1.82, 2.24) is 4.98 Å². The topological polar surface area (TPSA) is 65.5 Å². The first kappa shape index (κ1) is 20.8. The van der Waals surface area contributed by atoms with E-state index in [1.54, 1.807) is 24.3 Å². The number of ketones is 2. The Bertz CT molecular complexity index is 1230. The summed E-state index contributed by atoms with van der Waals surface area (Å²) in [5.41, 5.74) is 2.16. The van der Waals surface area contributed by atoms with Gasteiger partial charge in [-0.15, -0.1) is 8.78 Å². The fourth-order valence-corrected chi connectivity index (χ4v) is 4.34. The number of allylic oxidation sites excluding steroid dienone is 4. The molecule has 32 heavy (non-hydrogen) atoms. The molecule has 0 unspecified atom stereocenters. The zero-order valence-electron chi connectivity index (χ0n) is 17.1. The number of carbonyl (C=O) groups is 2. The fraction of sp³-hybridized carbons (Fsp3) is 0.292. The molecule has 0 amide bonds. The molecule has 0 atom stereocenters. The standard InChI is InChI=1S/C24H18ClF2NO4/c1-13-2-5-16(28-22(13)17-11-15(25)4-6-18(17)29)12-21(30)23(8-9-23)14-3-7-19-20(10-14)32-24(26,27)31-19/h2-5,7,10-11H,6,8-9,12H2,1H3. The minimum atomic E-state index is -3.70.